The normalized spacial score (nSPS) is 11.2. The van der Waals surface area contributed by atoms with Gasteiger partial charge in [-0.25, -0.2) is 9.18 Å². The number of anilines is 1. The smallest absolute Gasteiger partial charge is 0.396 e. The fraction of sp³-hybridized carbons (Fsp3) is 0.364. The molecule has 1 rings (SSSR count). The zero-order chi connectivity index (χ0) is 14.5. The Hall–Kier alpha value is -1.83. The van der Waals surface area contributed by atoms with Crippen molar-refractivity contribution in [3.05, 3.63) is 29.6 Å². The number of nitrogens with one attached hydrogen (secondary N) is 2. The van der Waals surface area contributed by atoms with Crippen molar-refractivity contribution in [2.45, 2.75) is 12.6 Å². The number of aliphatic hydroxyl groups is 1. The summed E-state index contributed by atoms with van der Waals surface area (Å²) < 4.78 is 50.6. The molecule has 19 heavy (non-hydrogen) atoms. The fourth-order valence-electron chi connectivity index (χ4n) is 1.31. The highest BCUT2D eigenvalue weighted by molar-refractivity contribution is 5.90. The first-order valence-corrected chi connectivity index (χ1v) is 5.37. The Morgan fingerprint density at radius 1 is 1.32 bits per heavy atom. The van der Waals surface area contributed by atoms with Crippen LogP contribution in [-0.2, 0) is 6.18 Å². The quantitative estimate of drug-likeness (QED) is 0.585. The maximum absolute atomic E-state index is 12.8. The zero-order valence-corrected chi connectivity index (χ0v) is 9.72. The first kappa shape index (κ1) is 15.2. The van der Waals surface area contributed by atoms with Crippen LogP contribution in [0.3, 0.4) is 0 Å². The van der Waals surface area contributed by atoms with Gasteiger partial charge in [-0.3, -0.25) is 0 Å². The van der Waals surface area contributed by atoms with Gasteiger partial charge in [-0.15, -0.1) is 0 Å². The highest BCUT2D eigenvalue weighted by Crippen LogP contribution is 2.35. The van der Waals surface area contributed by atoms with Gasteiger partial charge in [0.2, 0.25) is 0 Å². The summed E-state index contributed by atoms with van der Waals surface area (Å²) >= 11 is 0. The SMILES string of the molecule is O=C(NCCCO)Nc1ccc(F)cc1C(F)(F)F. The molecule has 1 aromatic carbocycles. The number of carbonyl (C=O) groups excluding carboxylic acids is 1. The van der Waals surface area contributed by atoms with Crippen molar-refractivity contribution >= 4 is 11.7 Å². The summed E-state index contributed by atoms with van der Waals surface area (Å²) in [6, 6.07) is 1.11. The molecule has 0 fully saturated rings. The van der Waals surface area contributed by atoms with Crippen molar-refractivity contribution in [3.63, 3.8) is 0 Å². The Balaban J connectivity index is 2.80. The van der Waals surface area contributed by atoms with Crippen LogP contribution in [0.25, 0.3) is 0 Å². The van der Waals surface area contributed by atoms with Crippen LogP contribution in [0.2, 0.25) is 0 Å². The Bertz CT molecular complexity index is 449. The van der Waals surface area contributed by atoms with Crippen LogP contribution in [0.1, 0.15) is 12.0 Å². The van der Waals surface area contributed by atoms with Crippen LogP contribution < -0.4 is 10.6 Å². The molecule has 4 nitrogen and oxygen atoms in total. The molecule has 106 valence electrons. The second-order valence-electron chi connectivity index (χ2n) is 3.65. The van der Waals surface area contributed by atoms with Gasteiger partial charge in [-0.2, -0.15) is 13.2 Å². The van der Waals surface area contributed by atoms with E-state index in [0.29, 0.717) is 6.07 Å². The van der Waals surface area contributed by atoms with E-state index in [1.54, 1.807) is 0 Å². The maximum atomic E-state index is 12.8. The minimum absolute atomic E-state index is 0.116. The van der Waals surface area contributed by atoms with E-state index in [-0.39, 0.29) is 19.6 Å². The van der Waals surface area contributed by atoms with Crippen LogP contribution in [0.4, 0.5) is 28.0 Å². The Morgan fingerprint density at radius 2 is 2.00 bits per heavy atom. The number of rotatable bonds is 4. The van der Waals surface area contributed by atoms with Gasteiger partial charge in [0.15, 0.2) is 0 Å². The maximum Gasteiger partial charge on any atom is 0.418 e. The topological polar surface area (TPSA) is 61.4 Å². The predicted octanol–water partition coefficient (Wildman–Crippen LogP) is 2.35. The van der Waals surface area contributed by atoms with Crippen molar-refractivity contribution in [2.24, 2.45) is 0 Å². The molecule has 0 spiro atoms. The van der Waals surface area contributed by atoms with Gasteiger partial charge in [0.25, 0.3) is 0 Å². The van der Waals surface area contributed by atoms with E-state index in [0.717, 1.165) is 12.1 Å². The summed E-state index contributed by atoms with van der Waals surface area (Å²) in [5, 5.41) is 12.7. The number of alkyl halides is 3. The lowest BCUT2D eigenvalue weighted by Crippen LogP contribution is -2.30. The van der Waals surface area contributed by atoms with Crippen LogP contribution in [0.5, 0.6) is 0 Å². The molecule has 0 unspecified atom stereocenters. The van der Waals surface area contributed by atoms with Crippen molar-refractivity contribution in [2.75, 3.05) is 18.5 Å². The minimum Gasteiger partial charge on any atom is -0.396 e. The third-order valence-electron chi connectivity index (χ3n) is 2.16. The second-order valence-corrected chi connectivity index (χ2v) is 3.65. The largest absolute Gasteiger partial charge is 0.418 e. The van der Waals surface area contributed by atoms with E-state index in [1.165, 1.54) is 0 Å². The molecule has 3 N–H and O–H groups in total. The van der Waals surface area contributed by atoms with Crippen molar-refractivity contribution in [1.29, 1.82) is 0 Å². The van der Waals surface area contributed by atoms with Crippen molar-refractivity contribution in [3.8, 4) is 0 Å². The van der Waals surface area contributed by atoms with Crippen LogP contribution in [0.15, 0.2) is 18.2 Å². The lowest BCUT2D eigenvalue weighted by Gasteiger charge is -2.14. The average Bonchev–Trinajstić information content (AvgIpc) is 2.30. The van der Waals surface area contributed by atoms with E-state index in [4.69, 9.17) is 5.11 Å². The zero-order valence-electron chi connectivity index (χ0n) is 9.72. The molecule has 0 aliphatic carbocycles. The molecule has 1 aromatic rings. The molecule has 0 bridgehead atoms. The number of amides is 2. The summed E-state index contributed by atoms with van der Waals surface area (Å²) in [5.41, 5.74) is -1.79. The van der Waals surface area contributed by atoms with Gasteiger partial charge < -0.3 is 15.7 Å². The van der Waals surface area contributed by atoms with Crippen molar-refractivity contribution in [1.82, 2.24) is 5.32 Å². The standard InChI is InChI=1S/C11H12F4N2O2/c12-7-2-3-9(8(6-7)11(13,14)15)17-10(19)16-4-1-5-18/h2-3,6,18H,1,4-5H2,(H2,16,17,19). The van der Waals surface area contributed by atoms with Gasteiger partial charge >= 0.3 is 12.2 Å². The van der Waals surface area contributed by atoms with E-state index in [1.807, 2.05) is 5.32 Å². The van der Waals surface area contributed by atoms with E-state index in [2.05, 4.69) is 5.32 Å². The van der Waals surface area contributed by atoms with Gasteiger partial charge in [0.05, 0.1) is 11.3 Å². The number of benzene rings is 1. The molecule has 0 aliphatic rings. The van der Waals surface area contributed by atoms with Crippen LogP contribution in [0, 0.1) is 5.82 Å². The Morgan fingerprint density at radius 3 is 2.58 bits per heavy atom. The fourth-order valence-corrected chi connectivity index (χ4v) is 1.31. The third kappa shape index (κ3) is 4.74. The minimum atomic E-state index is -4.77. The molecular formula is C11H12F4N2O2. The molecule has 0 aliphatic heterocycles. The summed E-state index contributed by atoms with van der Waals surface area (Å²) in [7, 11) is 0. The number of hydrogen-bond acceptors (Lipinski definition) is 2. The van der Waals surface area contributed by atoms with E-state index >= 15 is 0 Å². The Labute approximate surface area is 106 Å². The number of carbonyl (C=O) groups is 1. The summed E-state index contributed by atoms with van der Waals surface area (Å²) in [6.07, 6.45) is -4.49. The molecule has 0 atom stereocenters. The van der Waals surface area contributed by atoms with Gasteiger partial charge in [-0.1, -0.05) is 0 Å². The van der Waals surface area contributed by atoms with Crippen molar-refractivity contribution < 1.29 is 27.5 Å². The van der Waals surface area contributed by atoms with Crippen LogP contribution >= 0.6 is 0 Å². The molecule has 0 heterocycles. The molecule has 0 radical (unpaired) electrons. The lowest BCUT2D eigenvalue weighted by atomic mass is 10.1. The average molecular weight is 280 g/mol. The van der Waals surface area contributed by atoms with Gasteiger partial charge in [-0.05, 0) is 24.6 Å². The highest BCUT2D eigenvalue weighted by atomic mass is 19.4. The molecule has 2 amide bonds. The first-order valence-electron chi connectivity index (χ1n) is 5.37. The predicted molar refractivity (Wildman–Crippen MR) is 60.1 cm³/mol. The molecular weight excluding hydrogens is 268 g/mol. The summed E-state index contributed by atoms with van der Waals surface area (Å²) in [4.78, 5) is 11.3. The number of urea groups is 1. The monoisotopic (exact) mass is 280 g/mol. The first-order chi connectivity index (χ1) is 8.84. The molecule has 8 heteroatoms. The molecule has 0 saturated carbocycles. The Kier molecular flexibility index (Phi) is 5.11. The van der Waals surface area contributed by atoms with E-state index < -0.39 is 29.3 Å². The molecule has 0 saturated heterocycles. The highest BCUT2D eigenvalue weighted by Gasteiger charge is 2.34. The lowest BCUT2D eigenvalue weighted by molar-refractivity contribution is -0.137. The van der Waals surface area contributed by atoms with Crippen LogP contribution in [-0.4, -0.2) is 24.3 Å². The number of aliphatic hydroxyl groups excluding tert-OH is 1. The summed E-state index contributed by atoms with van der Waals surface area (Å²) in [5.74, 6) is -1.04. The second kappa shape index (κ2) is 6.37. The summed E-state index contributed by atoms with van der Waals surface area (Å²) in [6.45, 7) is -0.0322. The number of hydrogen-bond donors (Lipinski definition) is 3. The van der Waals surface area contributed by atoms with Gasteiger partial charge in [0.1, 0.15) is 5.82 Å². The number of halogens is 4. The van der Waals surface area contributed by atoms with Gasteiger partial charge in [0, 0.05) is 13.2 Å². The molecule has 0 aromatic heterocycles. The third-order valence-corrected chi connectivity index (χ3v) is 2.16. The van der Waals surface area contributed by atoms with E-state index in [9.17, 15) is 22.4 Å².